The van der Waals surface area contributed by atoms with Crippen molar-refractivity contribution in [2.75, 3.05) is 39.1 Å². The van der Waals surface area contributed by atoms with Crippen LogP contribution < -0.4 is 10.2 Å². The highest BCUT2D eigenvalue weighted by Gasteiger charge is 2.28. The summed E-state index contributed by atoms with van der Waals surface area (Å²) in [7, 11) is 6.36. The lowest BCUT2D eigenvalue weighted by Crippen LogP contribution is -2.26. The van der Waals surface area contributed by atoms with Gasteiger partial charge in [-0.25, -0.2) is 9.67 Å². The average molecular weight is 407 g/mol. The second-order valence-electron chi connectivity index (χ2n) is 8.83. The van der Waals surface area contributed by atoms with Gasteiger partial charge < -0.3 is 15.1 Å². The van der Waals surface area contributed by atoms with Crippen molar-refractivity contribution in [3.8, 4) is 11.3 Å². The van der Waals surface area contributed by atoms with Gasteiger partial charge in [-0.15, -0.1) is 0 Å². The molecule has 6 nitrogen and oxygen atoms in total. The topological polar surface area (TPSA) is 49.2 Å². The molecule has 30 heavy (non-hydrogen) atoms. The number of nitrogens with zero attached hydrogens (tertiary/aromatic N) is 5. The number of benzene rings is 1. The quantitative estimate of drug-likeness (QED) is 0.583. The monoisotopic (exact) mass is 406 g/mol. The van der Waals surface area contributed by atoms with Gasteiger partial charge in [0.1, 0.15) is 0 Å². The summed E-state index contributed by atoms with van der Waals surface area (Å²) in [6.07, 6.45) is 4.51. The zero-order valence-corrected chi connectivity index (χ0v) is 18.9. The Balaban J connectivity index is 1.73. The Hall–Kier alpha value is -2.44. The first kappa shape index (κ1) is 20.8. The highest BCUT2D eigenvalue weighted by molar-refractivity contribution is 5.92. The van der Waals surface area contributed by atoms with Crippen LogP contribution in [0.25, 0.3) is 22.3 Å². The molecule has 2 heterocycles. The minimum Gasteiger partial charge on any atom is -0.371 e. The minimum absolute atomic E-state index is 0.275. The third-order valence-electron chi connectivity index (χ3n) is 5.93. The first-order valence-corrected chi connectivity index (χ1v) is 11.0. The molecule has 6 heteroatoms. The molecule has 0 amide bonds. The molecule has 0 atom stereocenters. The van der Waals surface area contributed by atoms with Crippen LogP contribution in [0.4, 0.5) is 5.69 Å². The van der Waals surface area contributed by atoms with Crippen molar-refractivity contribution in [2.45, 2.75) is 45.3 Å². The zero-order valence-electron chi connectivity index (χ0n) is 18.9. The number of hydrogen-bond acceptors (Lipinski definition) is 5. The van der Waals surface area contributed by atoms with Gasteiger partial charge in [-0.2, -0.15) is 5.10 Å². The number of nitrogens with one attached hydrogen (secondary N) is 1. The Morgan fingerprint density at radius 1 is 1.20 bits per heavy atom. The molecule has 1 N–H and O–H groups in total. The number of pyridine rings is 1. The van der Waals surface area contributed by atoms with Crippen molar-refractivity contribution in [2.24, 2.45) is 0 Å². The Kier molecular flexibility index (Phi) is 6.06. The molecule has 0 aliphatic heterocycles. The number of hydrogen-bond donors (Lipinski definition) is 1. The number of likely N-dealkylation sites (N-methyl/N-ethyl adjacent to an activating group) is 2. The van der Waals surface area contributed by atoms with E-state index in [2.05, 4.69) is 78.5 Å². The summed E-state index contributed by atoms with van der Waals surface area (Å²) in [5.74, 6) is 0. The summed E-state index contributed by atoms with van der Waals surface area (Å²) in [4.78, 5) is 9.82. The molecule has 0 saturated heterocycles. The van der Waals surface area contributed by atoms with Gasteiger partial charge in [-0.05, 0) is 58.5 Å². The van der Waals surface area contributed by atoms with Crippen molar-refractivity contribution in [3.63, 3.8) is 0 Å². The van der Waals surface area contributed by atoms with Gasteiger partial charge >= 0.3 is 0 Å². The van der Waals surface area contributed by atoms with Gasteiger partial charge in [0.2, 0.25) is 0 Å². The maximum Gasteiger partial charge on any atom is 0.160 e. The summed E-state index contributed by atoms with van der Waals surface area (Å²) >= 11 is 0. The molecule has 0 bridgehead atoms. The van der Waals surface area contributed by atoms with Crippen molar-refractivity contribution < 1.29 is 0 Å². The maximum atomic E-state index is 5.07. The maximum absolute atomic E-state index is 5.07. The van der Waals surface area contributed by atoms with E-state index in [-0.39, 0.29) is 6.04 Å². The standard InChI is InChI=1S/C24H34N6/c1-17(2)30-24-21(15-26-30)23(29(5)20-9-10-20)14-22(27-24)19-8-6-7-18(13-19)16-28(4)12-11-25-3/h6-8,13-15,17,20,25H,9-12,16H2,1-5H3. The van der Waals surface area contributed by atoms with E-state index in [4.69, 9.17) is 4.98 Å². The van der Waals surface area contributed by atoms with Gasteiger partial charge in [0.15, 0.2) is 5.65 Å². The fraction of sp³-hybridized carbons (Fsp3) is 0.500. The van der Waals surface area contributed by atoms with E-state index in [1.54, 1.807) is 0 Å². The van der Waals surface area contributed by atoms with Crippen LogP contribution in [0.5, 0.6) is 0 Å². The third kappa shape index (κ3) is 4.35. The summed E-state index contributed by atoms with van der Waals surface area (Å²) in [6.45, 7) is 7.26. The Morgan fingerprint density at radius 3 is 2.70 bits per heavy atom. The largest absolute Gasteiger partial charge is 0.371 e. The fourth-order valence-corrected chi connectivity index (χ4v) is 4.00. The predicted molar refractivity (Wildman–Crippen MR) is 125 cm³/mol. The normalized spacial score (nSPS) is 14.2. The molecular weight excluding hydrogens is 372 g/mol. The molecular formula is C24H34N6. The van der Waals surface area contributed by atoms with Crippen LogP contribution in [-0.2, 0) is 6.54 Å². The molecule has 1 aliphatic rings. The molecule has 2 aromatic heterocycles. The number of fused-ring (bicyclic) bond motifs is 1. The Morgan fingerprint density at radius 2 is 2.00 bits per heavy atom. The Bertz CT molecular complexity index is 1000. The van der Waals surface area contributed by atoms with Crippen molar-refractivity contribution in [3.05, 3.63) is 42.1 Å². The zero-order chi connectivity index (χ0) is 21.3. The molecule has 3 aromatic rings. The average Bonchev–Trinajstić information content (AvgIpc) is 3.49. The van der Waals surface area contributed by atoms with Gasteiger partial charge in [0.25, 0.3) is 0 Å². The highest BCUT2D eigenvalue weighted by atomic mass is 15.3. The fourth-order valence-electron chi connectivity index (χ4n) is 4.00. The lowest BCUT2D eigenvalue weighted by molar-refractivity contribution is 0.328. The number of anilines is 1. The number of aromatic nitrogens is 3. The second-order valence-corrected chi connectivity index (χ2v) is 8.83. The van der Waals surface area contributed by atoms with Gasteiger partial charge in [-0.3, -0.25) is 0 Å². The Labute approximate surface area is 179 Å². The molecule has 0 spiro atoms. The van der Waals surface area contributed by atoms with E-state index in [0.29, 0.717) is 6.04 Å². The molecule has 1 aliphatic carbocycles. The van der Waals surface area contributed by atoms with Crippen molar-refractivity contribution >= 4 is 16.7 Å². The SMILES string of the molecule is CNCCN(C)Cc1cccc(-c2cc(N(C)C3CC3)c3cnn(C(C)C)c3n2)c1. The van der Waals surface area contributed by atoms with Gasteiger partial charge in [-0.1, -0.05) is 18.2 Å². The molecule has 4 rings (SSSR count). The van der Waals surface area contributed by atoms with Gasteiger partial charge in [0.05, 0.1) is 23.0 Å². The van der Waals surface area contributed by atoms with Crippen molar-refractivity contribution in [1.82, 2.24) is 25.0 Å². The van der Waals surface area contributed by atoms with Crippen LogP contribution in [-0.4, -0.2) is 59.9 Å². The summed E-state index contributed by atoms with van der Waals surface area (Å²) in [5.41, 5.74) is 5.70. The van der Waals surface area contributed by atoms with E-state index in [0.717, 1.165) is 36.4 Å². The van der Waals surface area contributed by atoms with Gasteiger partial charge in [0, 0.05) is 44.3 Å². The molecule has 1 saturated carbocycles. The first-order valence-electron chi connectivity index (χ1n) is 11.0. The molecule has 0 unspecified atom stereocenters. The highest BCUT2D eigenvalue weighted by Crippen LogP contribution is 2.37. The summed E-state index contributed by atoms with van der Waals surface area (Å²) < 4.78 is 2.04. The van der Waals surface area contributed by atoms with E-state index in [1.165, 1.54) is 29.7 Å². The summed E-state index contributed by atoms with van der Waals surface area (Å²) in [6, 6.07) is 12.0. The van der Waals surface area contributed by atoms with Crippen LogP contribution in [0.2, 0.25) is 0 Å². The smallest absolute Gasteiger partial charge is 0.160 e. The minimum atomic E-state index is 0.275. The molecule has 1 aromatic carbocycles. The third-order valence-corrected chi connectivity index (χ3v) is 5.93. The molecule has 160 valence electrons. The van der Waals surface area contributed by atoms with Crippen LogP contribution in [0, 0.1) is 0 Å². The molecule has 0 radical (unpaired) electrons. The van der Waals surface area contributed by atoms with Crippen LogP contribution >= 0.6 is 0 Å². The van der Waals surface area contributed by atoms with Crippen molar-refractivity contribution in [1.29, 1.82) is 0 Å². The predicted octanol–water partition coefficient (Wildman–Crippen LogP) is 3.93. The lowest BCUT2D eigenvalue weighted by atomic mass is 10.1. The summed E-state index contributed by atoms with van der Waals surface area (Å²) in [5, 5.41) is 9.01. The lowest BCUT2D eigenvalue weighted by Gasteiger charge is -2.21. The van der Waals surface area contributed by atoms with Crippen LogP contribution in [0.1, 0.15) is 38.3 Å². The number of rotatable bonds is 9. The van der Waals surface area contributed by atoms with Crippen LogP contribution in [0.3, 0.4) is 0 Å². The van der Waals surface area contributed by atoms with E-state index >= 15 is 0 Å². The van der Waals surface area contributed by atoms with E-state index in [9.17, 15) is 0 Å². The second kappa shape index (κ2) is 8.74. The van der Waals surface area contributed by atoms with E-state index < -0.39 is 0 Å². The molecule has 1 fully saturated rings. The van der Waals surface area contributed by atoms with Crippen LogP contribution in [0.15, 0.2) is 36.5 Å². The van der Waals surface area contributed by atoms with E-state index in [1.807, 2.05) is 17.9 Å². The first-order chi connectivity index (χ1) is 14.5.